The Hall–Kier alpha value is -4.85. The topological polar surface area (TPSA) is 138 Å². The maximum atomic E-state index is 13.0. The predicted molar refractivity (Wildman–Crippen MR) is 167 cm³/mol. The van der Waals surface area contributed by atoms with Gasteiger partial charge in [-0.15, -0.1) is 0 Å². The van der Waals surface area contributed by atoms with Gasteiger partial charge in [0.05, 0.1) is 56.4 Å². The highest BCUT2D eigenvalue weighted by Crippen LogP contribution is 2.20. The minimum atomic E-state index is -0.456. The molecule has 45 heavy (non-hydrogen) atoms. The van der Waals surface area contributed by atoms with E-state index in [0.29, 0.717) is 28.2 Å². The van der Waals surface area contributed by atoms with E-state index in [1.807, 2.05) is 36.4 Å². The van der Waals surface area contributed by atoms with E-state index in [0.717, 1.165) is 16.9 Å². The van der Waals surface area contributed by atoms with Crippen molar-refractivity contribution in [1.29, 1.82) is 0 Å². The zero-order valence-electron chi connectivity index (χ0n) is 24.4. The van der Waals surface area contributed by atoms with Crippen LogP contribution in [-0.4, -0.2) is 44.0 Å². The van der Waals surface area contributed by atoms with Crippen LogP contribution in [0.25, 0.3) is 0 Å². The normalized spacial score (nSPS) is 10.5. The first-order valence-corrected chi connectivity index (χ1v) is 14.3. The fraction of sp³-hybridized carbons (Fsp3) is 0.188. The molecule has 0 aliphatic heterocycles. The molecule has 0 saturated heterocycles. The molecule has 0 atom stereocenters. The van der Waals surface area contributed by atoms with Crippen molar-refractivity contribution in [3.05, 3.63) is 138 Å². The van der Waals surface area contributed by atoms with Gasteiger partial charge >= 0.3 is 5.56 Å². The van der Waals surface area contributed by atoms with Crippen molar-refractivity contribution in [1.82, 2.24) is 19.6 Å². The zero-order chi connectivity index (χ0) is 32.3. The van der Waals surface area contributed by atoms with Crippen LogP contribution in [0, 0.1) is 5.82 Å². The van der Waals surface area contributed by atoms with Gasteiger partial charge in [0.25, 0.3) is 5.56 Å². The average molecular weight is 682 g/mol. The number of aliphatic hydroxyl groups is 2. The number of aliphatic hydroxyl groups excluding tert-OH is 2. The first kappa shape index (κ1) is 33.1. The number of hydrogen-bond donors (Lipinski definition) is 2. The van der Waals surface area contributed by atoms with Crippen LogP contribution in [0.15, 0.2) is 99.0 Å². The number of benzene rings is 3. The summed E-state index contributed by atoms with van der Waals surface area (Å²) in [7, 11) is 3.17. The Balaban J connectivity index is 0.000000215. The Morgan fingerprint density at radius 2 is 1.13 bits per heavy atom. The average Bonchev–Trinajstić information content (AvgIpc) is 3.06. The lowest BCUT2D eigenvalue weighted by atomic mass is 10.2. The van der Waals surface area contributed by atoms with Gasteiger partial charge in [-0.3, -0.25) is 9.59 Å². The van der Waals surface area contributed by atoms with Crippen LogP contribution in [0.4, 0.5) is 4.39 Å². The summed E-state index contributed by atoms with van der Waals surface area (Å²) >= 11 is 3.17. The first-order chi connectivity index (χ1) is 21.7. The molecular weight excluding hydrogens is 651 g/mol. The summed E-state index contributed by atoms with van der Waals surface area (Å²) in [5.41, 5.74) is 1.81. The Labute approximate surface area is 265 Å². The molecule has 0 amide bonds. The molecule has 2 aromatic heterocycles. The highest BCUT2D eigenvalue weighted by molar-refractivity contribution is 9.10. The molecule has 234 valence electrons. The third-order valence-corrected chi connectivity index (χ3v) is 6.89. The summed E-state index contributed by atoms with van der Waals surface area (Å²) in [6, 6.07) is 22.8. The van der Waals surface area contributed by atoms with Gasteiger partial charge in [0.15, 0.2) is 5.75 Å². The zero-order valence-corrected chi connectivity index (χ0v) is 26.0. The van der Waals surface area contributed by atoms with Gasteiger partial charge < -0.3 is 24.4 Å². The Morgan fingerprint density at radius 3 is 1.60 bits per heavy atom. The van der Waals surface area contributed by atoms with E-state index in [-0.39, 0.29) is 36.8 Å². The molecule has 5 rings (SSSR count). The van der Waals surface area contributed by atoms with Gasteiger partial charge in [-0.25, -0.2) is 13.8 Å². The number of ether oxygens (including phenoxy) is 3. The molecule has 2 heterocycles. The van der Waals surface area contributed by atoms with Crippen LogP contribution in [0.5, 0.6) is 23.0 Å². The second-order valence-corrected chi connectivity index (χ2v) is 10.3. The van der Waals surface area contributed by atoms with Gasteiger partial charge in [0.2, 0.25) is 0 Å². The third-order valence-electron chi connectivity index (χ3n) is 6.32. The second-order valence-electron chi connectivity index (χ2n) is 9.48. The van der Waals surface area contributed by atoms with Crippen molar-refractivity contribution in [2.24, 2.45) is 0 Å². The summed E-state index contributed by atoms with van der Waals surface area (Å²) in [5, 5.41) is 26.7. The number of nitrogens with zero attached hydrogens (tertiary/aromatic N) is 4. The monoisotopic (exact) mass is 680 g/mol. The standard InChI is InChI=1S/C19H17FN2O4.C13H13BrN2O3/c1-25-16-6-2-13(3-7-16)11-22-19(24)18(10-15(12-23)21-22)26-17-8-4-14(20)5-9-17;1-19-11-4-2-9(3-5-11)7-16-13(18)12(14)6-10(8-17)15-16/h2-10,23H,11-12H2,1H3;2-6,17H,7-8H2,1H3. The largest absolute Gasteiger partial charge is 0.497 e. The maximum absolute atomic E-state index is 13.0. The number of hydrogen-bond acceptors (Lipinski definition) is 9. The van der Waals surface area contributed by atoms with Crippen molar-refractivity contribution >= 4 is 15.9 Å². The van der Waals surface area contributed by atoms with E-state index in [2.05, 4.69) is 26.1 Å². The SMILES string of the molecule is COc1ccc(Cn2nc(CO)cc(Br)c2=O)cc1.COc1ccc(Cn2nc(CO)cc(Oc3ccc(F)cc3)c2=O)cc1. The molecule has 0 radical (unpaired) electrons. The minimum Gasteiger partial charge on any atom is -0.497 e. The lowest BCUT2D eigenvalue weighted by molar-refractivity contribution is 0.271. The summed E-state index contributed by atoms with van der Waals surface area (Å²) in [4.78, 5) is 24.5. The van der Waals surface area contributed by atoms with Crippen LogP contribution in [0.3, 0.4) is 0 Å². The third kappa shape index (κ3) is 9.08. The summed E-state index contributed by atoms with van der Waals surface area (Å²) in [6.45, 7) is -0.00409. The lowest BCUT2D eigenvalue weighted by Crippen LogP contribution is -2.25. The van der Waals surface area contributed by atoms with E-state index < -0.39 is 11.4 Å². The van der Waals surface area contributed by atoms with Crippen molar-refractivity contribution in [3.8, 4) is 23.0 Å². The molecule has 11 nitrogen and oxygen atoms in total. The molecule has 0 spiro atoms. The quantitative estimate of drug-likeness (QED) is 0.221. The van der Waals surface area contributed by atoms with Crippen molar-refractivity contribution in [2.45, 2.75) is 26.3 Å². The molecule has 0 aliphatic carbocycles. The second kappa shape index (κ2) is 15.7. The van der Waals surface area contributed by atoms with Gasteiger partial charge in [-0.05, 0) is 81.7 Å². The Morgan fingerprint density at radius 1 is 0.689 bits per heavy atom. The van der Waals surface area contributed by atoms with Crippen LogP contribution < -0.4 is 25.3 Å². The van der Waals surface area contributed by atoms with E-state index in [1.54, 1.807) is 26.4 Å². The molecule has 0 saturated carbocycles. The molecule has 0 bridgehead atoms. The predicted octanol–water partition coefficient (Wildman–Crippen LogP) is 4.28. The summed E-state index contributed by atoms with van der Waals surface area (Å²) in [6.07, 6.45) is 0. The smallest absolute Gasteiger partial charge is 0.310 e. The number of halogens is 2. The Bertz CT molecular complexity index is 1830. The van der Waals surface area contributed by atoms with Crippen molar-refractivity contribution < 1.29 is 28.8 Å². The molecular formula is C32H30BrFN4O7. The number of aromatic nitrogens is 4. The minimum absolute atomic E-state index is 0.00386. The molecule has 0 fully saturated rings. The molecule has 0 aliphatic rings. The van der Waals surface area contributed by atoms with E-state index in [9.17, 15) is 19.1 Å². The van der Waals surface area contributed by atoms with Gasteiger partial charge in [-0.1, -0.05) is 24.3 Å². The van der Waals surface area contributed by atoms with E-state index >= 15 is 0 Å². The molecule has 3 aromatic carbocycles. The fourth-order valence-electron chi connectivity index (χ4n) is 4.01. The number of rotatable bonds is 10. The molecule has 0 unspecified atom stereocenters. The van der Waals surface area contributed by atoms with Gasteiger partial charge in [-0.2, -0.15) is 10.2 Å². The van der Waals surface area contributed by atoms with Crippen molar-refractivity contribution in [3.63, 3.8) is 0 Å². The Kier molecular flexibility index (Phi) is 11.6. The number of methoxy groups -OCH3 is 2. The van der Waals surface area contributed by atoms with Crippen molar-refractivity contribution in [2.75, 3.05) is 14.2 Å². The molecule has 2 N–H and O–H groups in total. The van der Waals surface area contributed by atoms with Gasteiger partial charge in [0, 0.05) is 6.07 Å². The van der Waals surface area contributed by atoms with Crippen LogP contribution in [-0.2, 0) is 26.3 Å². The van der Waals surface area contributed by atoms with Crippen LogP contribution >= 0.6 is 15.9 Å². The highest BCUT2D eigenvalue weighted by atomic mass is 79.9. The first-order valence-electron chi connectivity index (χ1n) is 13.5. The maximum Gasteiger partial charge on any atom is 0.310 e. The molecule has 5 aromatic rings. The molecule has 13 heteroatoms. The highest BCUT2D eigenvalue weighted by Gasteiger charge is 2.12. The lowest BCUT2D eigenvalue weighted by Gasteiger charge is -2.11. The van der Waals surface area contributed by atoms with Crippen LogP contribution in [0.1, 0.15) is 22.5 Å². The fourth-order valence-corrected chi connectivity index (χ4v) is 4.48. The summed E-state index contributed by atoms with van der Waals surface area (Å²) in [5.74, 6) is 1.38. The van der Waals surface area contributed by atoms with E-state index in [1.165, 1.54) is 45.8 Å². The van der Waals surface area contributed by atoms with Gasteiger partial charge in [0.1, 0.15) is 23.1 Å². The summed E-state index contributed by atoms with van der Waals surface area (Å²) < 4.78 is 31.7. The van der Waals surface area contributed by atoms with E-state index in [4.69, 9.17) is 19.3 Å². The van der Waals surface area contributed by atoms with Crippen LogP contribution in [0.2, 0.25) is 0 Å².